The third kappa shape index (κ3) is 3.07. The van der Waals surface area contributed by atoms with Crippen molar-refractivity contribution >= 4 is 5.95 Å². The number of anilines is 1. The molecule has 0 aliphatic heterocycles. The van der Waals surface area contributed by atoms with Crippen LogP contribution in [0, 0.1) is 0 Å². The molecule has 5 heteroatoms. The highest BCUT2D eigenvalue weighted by Crippen LogP contribution is 2.16. The van der Waals surface area contributed by atoms with E-state index in [-0.39, 0.29) is 5.56 Å². The van der Waals surface area contributed by atoms with Gasteiger partial charge in [0.2, 0.25) is 5.95 Å². The van der Waals surface area contributed by atoms with Crippen LogP contribution in [0.25, 0.3) is 0 Å². The fourth-order valence-electron chi connectivity index (χ4n) is 2.64. The number of hydrogen-bond donors (Lipinski definition) is 2. The van der Waals surface area contributed by atoms with Crippen molar-refractivity contribution in [2.24, 2.45) is 0 Å². The Morgan fingerprint density at radius 3 is 2.86 bits per heavy atom. The van der Waals surface area contributed by atoms with Crippen LogP contribution < -0.4 is 15.6 Å². The van der Waals surface area contributed by atoms with Gasteiger partial charge < -0.3 is 10.1 Å². The van der Waals surface area contributed by atoms with Crippen LogP contribution in [-0.2, 0) is 19.3 Å². The van der Waals surface area contributed by atoms with E-state index in [1.807, 2.05) is 24.3 Å². The molecule has 0 unspecified atom stereocenters. The van der Waals surface area contributed by atoms with Crippen LogP contribution in [0.1, 0.15) is 23.2 Å². The maximum Gasteiger partial charge on any atom is 0.255 e. The molecule has 2 N–H and O–H groups in total. The summed E-state index contributed by atoms with van der Waals surface area (Å²) in [5.41, 5.74) is 3.03. The van der Waals surface area contributed by atoms with Crippen molar-refractivity contribution in [3.63, 3.8) is 0 Å². The fourth-order valence-corrected chi connectivity index (χ4v) is 2.64. The largest absolute Gasteiger partial charge is 0.497 e. The van der Waals surface area contributed by atoms with Gasteiger partial charge in [-0.3, -0.25) is 9.78 Å². The number of nitrogens with zero attached hydrogens (tertiary/aromatic N) is 1. The fraction of sp³-hybridized carbons (Fsp3) is 0.375. The van der Waals surface area contributed by atoms with Crippen molar-refractivity contribution in [2.45, 2.75) is 25.7 Å². The Morgan fingerprint density at radius 1 is 1.29 bits per heavy atom. The molecule has 21 heavy (non-hydrogen) atoms. The van der Waals surface area contributed by atoms with E-state index >= 15 is 0 Å². The van der Waals surface area contributed by atoms with Gasteiger partial charge in [0.05, 0.1) is 12.8 Å². The molecular weight excluding hydrogens is 266 g/mol. The summed E-state index contributed by atoms with van der Waals surface area (Å²) in [7, 11) is 1.66. The first-order valence-corrected chi connectivity index (χ1v) is 7.25. The van der Waals surface area contributed by atoms with Crippen molar-refractivity contribution in [3.05, 3.63) is 51.4 Å². The summed E-state index contributed by atoms with van der Waals surface area (Å²) in [6.45, 7) is 0.730. The normalized spacial score (nSPS) is 13.0. The first-order valence-electron chi connectivity index (χ1n) is 7.25. The van der Waals surface area contributed by atoms with Crippen LogP contribution in [-0.4, -0.2) is 23.6 Å². The first kappa shape index (κ1) is 13.7. The maximum atomic E-state index is 11.9. The van der Waals surface area contributed by atoms with E-state index < -0.39 is 0 Å². The van der Waals surface area contributed by atoms with Gasteiger partial charge in [-0.1, -0.05) is 12.1 Å². The number of ether oxygens (including phenoxy) is 1. The minimum Gasteiger partial charge on any atom is -0.497 e. The minimum atomic E-state index is 0.00412. The second-order valence-electron chi connectivity index (χ2n) is 5.22. The average molecular weight is 285 g/mol. The summed E-state index contributed by atoms with van der Waals surface area (Å²) in [5, 5.41) is 3.19. The number of H-pyrrole nitrogens is 1. The number of aromatic nitrogens is 2. The van der Waals surface area contributed by atoms with E-state index in [4.69, 9.17) is 4.74 Å². The van der Waals surface area contributed by atoms with Crippen molar-refractivity contribution in [3.8, 4) is 5.75 Å². The highest BCUT2D eigenvalue weighted by Gasteiger charge is 2.16. The Balaban J connectivity index is 1.60. The molecule has 1 aromatic heterocycles. The van der Waals surface area contributed by atoms with Gasteiger partial charge in [0.25, 0.3) is 5.56 Å². The summed E-state index contributed by atoms with van der Waals surface area (Å²) in [4.78, 5) is 19.2. The molecule has 0 saturated heterocycles. The molecule has 0 atom stereocenters. The Labute approximate surface area is 123 Å². The van der Waals surface area contributed by atoms with Crippen LogP contribution in [0.2, 0.25) is 0 Å². The van der Waals surface area contributed by atoms with Crippen LogP contribution in [0.4, 0.5) is 5.95 Å². The number of nitrogens with one attached hydrogen (secondary N) is 2. The molecule has 110 valence electrons. The lowest BCUT2D eigenvalue weighted by Crippen LogP contribution is -2.18. The topological polar surface area (TPSA) is 67.0 Å². The molecule has 0 fully saturated rings. The third-order valence-corrected chi connectivity index (χ3v) is 3.81. The zero-order valence-corrected chi connectivity index (χ0v) is 12.1. The summed E-state index contributed by atoms with van der Waals surface area (Å²) in [6, 6.07) is 7.98. The molecule has 1 aromatic carbocycles. The molecule has 5 nitrogen and oxygen atoms in total. The van der Waals surface area contributed by atoms with Crippen LogP contribution >= 0.6 is 0 Å². The molecule has 0 saturated carbocycles. The minimum absolute atomic E-state index is 0.00412. The molecule has 0 amide bonds. The SMILES string of the molecule is COc1ccc(CCNc2nc3c(c(=O)[nH]2)CCC3)cc1. The number of aryl methyl sites for hydroxylation is 1. The number of hydrogen-bond acceptors (Lipinski definition) is 4. The van der Waals surface area contributed by atoms with Gasteiger partial charge in [-0.15, -0.1) is 0 Å². The standard InChI is InChI=1S/C16H19N3O2/c1-21-12-7-5-11(6-8-12)9-10-17-16-18-14-4-2-3-13(14)15(20)19-16/h5-8H,2-4,9-10H2,1H3,(H2,17,18,19,20). The van der Waals surface area contributed by atoms with E-state index in [1.54, 1.807) is 7.11 Å². The second-order valence-corrected chi connectivity index (χ2v) is 5.22. The molecule has 0 radical (unpaired) electrons. The lowest BCUT2D eigenvalue weighted by molar-refractivity contribution is 0.414. The van der Waals surface area contributed by atoms with Gasteiger partial charge in [0.15, 0.2) is 0 Å². The van der Waals surface area contributed by atoms with Crippen LogP contribution in [0.15, 0.2) is 29.1 Å². The van der Waals surface area contributed by atoms with Gasteiger partial charge in [0, 0.05) is 12.1 Å². The van der Waals surface area contributed by atoms with Gasteiger partial charge in [-0.05, 0) is 43.4 Å². The Hall–Kier alpha value is -2.30. The molecule has 1 aliphatic rings. The number of benzene rings is 1. The Bertz CT molecular complexity index is 677. The molecule has 1 heterocycles. The quantitative estimate of drug-likeness (QED) is 0.881. The van der Waals surface area contributed by atoms with Crippen LogP contribution in [0.5, 0.6) is 5.75 Å². The number of rotatable bonds is 5. The zero-order valence-electron chi connectivity index (χ0n) is 12.1. The van der Waals surface area contributed by atoms with Gasteiger partial charge in [0.1, 0.15) is 5.75 Å². The van der Waals surface area contributed by atoms with Crippen molar-refractivity contribution in [1.82, 2.24) is 9.97 Å². The smallest absolute Gasteiger partial charge is 0.255 e. The predicted molar refractivity (Wildman–Crippen MR) is 82.1 cm³/mol. The van der Waals surface area contributed by atoms with Gasteiger partial charge in [-0.25, -0.2) is 4.98 Å². The van der Waals surface area contributed by atoms with E-state index in [1.165, 1.54) is 5.56 Å². The zero-order chi connectivity index (χ0) is 14.7. The molecule has 0 bridgehead atoms. The van der Waals surface area contributed by atoms with E-state index in [2.05, 4.69) is 15.3 Å². The number of methoxy groups -OCH3 is 1. The predicted octanol–water partition coefficient (Wildman–Crippen LogP) is 1.92. The van der Waals surface area contributed by atoms with Crippen molar-refractivity contribution < 1.29 is 4.74 Å². The lowest BCUT2D eigenvalue weighted by Gasteiger charge is -2.07. The molecule has 0 spiro atoms. The Morgan fingerprint density at radius 2 is 2.10 bits per heavy atom. The molecule has 3 rings (SSSR count). The van der Waals surface area contributed by atoms with Crippen LogP contribution in [0.3, 0.4) is 0 Å². The van der Waals surface area contributed by atoms with Gasteiger partial charge >= 0.3 is 0 Å². The first-order chi connectivity index (χ1) is 10.3. The monoisotopic (exact) mass is 285 g/mol. The summed E-state index contributed by atoms with van der Waals surface area (Å²) in [6.07, 6.45) is 3.65. The molecule has 1 aliphatic carbocycles. The van der Waals surface area contributed by atoms with E-state index in [0.717, 1.165) is 49.2 Å². The maximum absolute atomic E-state index is 11.9. The summed E-state index contributed by atoms with van der Waals surface area (Å²) in [5.74, 6) is 1.44. The van der Waals surface area contributed by atoms with Crippen molar-refractivity contribution in [2.75, 3.05) is 19.0 Å². The second kappa shape index (κ2) is 5.99. The molecular formula is C16H19N3O2. The van der Waals surface area contributed by atoms with E-state index in [9.17, 15) is 4.79 Å². The highest BCUT2D eigenvalue weighted by atomic mass is 16.5. The lowest BCUT2D eigenvalue weighted by atomic mass is 10.1. The Kier molecular flexibility index (Phi) is 3.90. The average Bonchev–Trinajstić information content (AvgIpc) is 2.97. The molecule has 2 aromatic rings. The van der Waals surface area contributed by atoms with E-state index in [0.29, 0.717) is 5.95 Å². The number of aromatic amines is 1. The number of fused-ring (bicyclic) bond motifs is 1. The summed E-state index contributed by atoms with van der Waals surface area (Å²) < 4.78 is 5.13. The summed E-state index contributed by atoms with van der Waals surface area (Å²) >= 11 is 0. The van der Waals surface area contributed by atoms with Gasteiger partial charge in [-0.2, -0.15) is 0 Å². The highest BCUT2D eigenvalue weighted by molar-refractivity contribution is 5.33. The van der Waals surface area contributed by atoms with Crippen molar-refractivity contribution in [1.29, 1.82) is 0 Å². The third-order valence-electron chi connectivity index (χ3n) is 3.81.